The summed E-state index contributed by atoms with van der Waals surface area (Å²) in [7, 11) is 0. The normalized spacial score (nSPS) is 11.6. The lowest BCUT2D eigenvalue weighted by molar-refractivity contribution is 0.446. The fraction of sp³-hybridized carbons (Fsp3) is 0.294. The molecule has 0 bridgehead atoms. The van der Waals surface area contributed by atoms with Crippen LogP contribution in [0.25, 0.3) is 0 Å². The Morgan fingerprint density at radius 2 is 1.74 bits per heavy atom. The average Bonchev–Trinajstić information content (AvgIpc) is 2.41. The lowest BCUT2D eigenvalue weighted by atomic mass is 9.76. The van der Waals surface area contributed by atoms with E-state index in [4.69, 9.17) is 5.73 Å². The molecule has 0 aliphatic rings. The second-order valence-corrected chi connectivity index (χ2v) is 5.52. The van der Waals surface area contributed by atoms with E-state index in [1.165, 1.54) is 5.56 Å². The maximum atomic E-state index is 10.4. The van der Waals surface area contributed by atoms with Crippen LogP contribution >= 0.6 is 0 Å². The summed E-state index contributed by atoms with van der Waals surface area (Å²) in [6.45, 7) is 6.63. The molecule has 2 aromatic rings. The molecule has 2 aromatic carbocycles. The monoisotopic (exact) mass is 255 g/mol. The summed E-state index contributed by atoms with van der Waals surface area (Å²) in [5.41, 5.74) is 9.50. The molecule has 3 N–H and O–H groups in total. The Hall–Kier alpha value is -1.80. The number of phenols is 1. The van der Waals surface area contributed by atoms with Gasteiger partial charge in [-0.2, -0.15) is 0 Å². The number of nitrogens with two attached hydrogens (primary N) is 1. The van der Waals surface area contributed by atoms with Crippen molar-refractivity contribution in [1.82, 2.24) is 0 Å². The van der Waals surface area contributed by atoms with Crippen molar-refractivity contribution in [2.75, 3.05) is 0 Å². The number of rotatable bonds is 3. The fourth-order valence-corrected chi connectivity index (χ4v) is 2.50. The van der Waals surface area contributed by atoms with Crippen LogP contribution in [0.4, 0.5) is 0 Å². The molecule has 0 radical (unpaired) electrons. The van der Waals surface area contributed by atoms with Crippen LogP contribution in [0.2, 0.25) is 0 Å². The molecule has 0 amide bonds. The van der Waals surface area contributed by atoms with Crippen molar-refractivity contribution in [2.45, 2.75) is 32.7 Å². The van der Waals surface area contributed by atoms with E-state index >= 15 is 0 Å². The van der Waals surface area contributed by atoms with Crippen molar-refractivity contribution in [2.24, 2.45) is 5.73 Å². The van der Waals surface area contributed by atoms with E-state index in [-0.39, 0.29) is 5.41 Å². The zero-order valence-corrected chi connectivity index (χ0v) is 11.8. The van der Waals surface area contributed by atoms with Gasteiger partial charge in [-0.15, -0.1) is 0 Å². The molecular formula is C17H21NO. The van der Waals surface area contributed by atoms with E-state index in [0.717, 1.165) is 16.7 Å². The van der Waals surface area contributed by atoms with E-state index in [2.05, 4.69) is 26.0 Å². The Morgan fingerprint density at radius 3 is 2.32 bits per heavy atom. The summed E-state index contributed by atoms with van der Waals surface area (Å²) in [4.78, 5) is 0. The third-order valence-electron chi connectivity index (χ3n) is 3.72. The van der Waals surface area contributed by atoms with Gasteiger partial charge in [-0.1, -0.05) is 61.9 Å². The third-order valence-corrected chi connectivity index (χ3v) is 3.72. The van der Waals surface area contributed by atoms with Crippen LogP contribution in [0.1, 0.15) is 36.1 Å². The number of hydrogen-bond donors (Lipinski definition) is 2. The summed E-state index contributed by atoms with van der Waals surface area (Å²) >= 11 is 0. The fourth-order valence-electron chi connectivity index (χ4n) is 2.50. The van der Waals surface area contributed by atoms with Gasteiger partial charge in [0.05, 0.1) is 0 Å². The molecule has 0 unspecified atom stereocenters. The molecule has 19 heavy (non-hydrogen) atoms. The molecule has 0 saturated heterocycles. The Morgan fingerprint density at radius 1 is 1.11 bits per heavy atom. The number of aryl methyl sites for hydroxylation is 1. The van der Waals surface area contributed by atoms with Gasteiger partial charge in [0.2, 0.25) is 0 Å². The van der Waals surface area contributed by atoms with E-state index in [0.29, 0.717) is 12.3 Å². The van der Waals surface area contributed by atoms with Crippen LogP contribution in [-0.2, 0) is 12.0 Å². The lowest BCUT2D eigenvalue weighted by Gasteiger charge is -2.28. The smallest absolute Gasteiger partial charge is 0.124 e. The van der Waals surface area contributed by atoms with Crippen molar-refractivity contribution in [1.29, 1.82) is 0 Å². The minimum atomic E-state index is -0.249. The maximum absolute atomic E-state index is 10.4. The van der Waals surface area contributed by atoms with Crippen LogP contribution < -0.4 is 5.73 Å². The summed E-state index contributed by atoms with van der Waals surface area (Å²) in [5, 5.41) is 10.4. The topological polar surface area (TPSA) is 46.2 Å². The van der Waals surface area contributed by atoms with Gasteiger partial charge < -0.3 is 10.8 Å². The van der Waals surface area contributed by atoms with Crippen LogP contribution in [0.3, 0.4) is 0 Å². The number of benzene rings is 2. The SMILES string of the molecule is Cc1cc(CN)c(O)c(C(C)(C)c2ccccc2)c1. The minimum absolute atomic E-state index is 0.249. The Balaban J connectivity index is 2.61. The van der Waals surface area contributed by atoms with E-state index in [1.807, 2.05) is 37.3 Å². The number of hydrogen-bond acceptors (Lipinski definition) is 2. The molecular weight excluding hydrogens is 234 g/mol. The highest BCUT2D eigenvalue weighted by Gasteiger charge is 2.27. The van der Waals surface area contributed by atoms with Gasteiger partial charge in [-0.05, 0) is 12.5 Å². The molecule has 0 spiro atoms. The molecule has 0 aliphatic carbocycles. The first-order chi connectivity index (χ1) is 8.96. The van der Waals surface area contributed by atoms with Gasteiger partial charge in [-0.25, -0.2) is 0 Å². The summed E-state index contributed by atoms with van der Waals surface area (Å²) < 4.78 is 0. The molecule has 0 heterocycles. The summed E-state index contributed by atoms with van der Waals surface area (Å²) in [6.07, 6.45) is 0. The Bertz CT molecular complexity index is 573. The lowest BCUT2D eigenvalue weighted by Crippen LogP contribution is -2.20. The standard InChI is InChI=1S/C17H21NO/c1-12-9-13(11-18)16(19)15(10-12)17(2,3)14-7-5-4-6-8-14/h4-10,19H,11,18H2,1-3H3. The zero-order valence-electron chi connectivity index (χ0n) is 11.8. The predicted molar refractivity (Wildman–Crippen MR) is 79.3 cm³/mol. The van der Waals surface area contributed by atoms with Crippen molar-refractivity contribution in [3.63, 3.8) is 0 Å². The van der Waals surface area contributed by atoms with Crippen molar-refractivity contribution >= 4 is 0 Å². The average molecular weight is 255 g/mol. The molecule has 0 aromatic heterocycles. The zero-order chi connectivity index (χ0) is 14.0. The molecule has 0 fully saturated rings. The van der Waals surface area contributed by atoms with E-state index in [1.54, 1.807) is 0 Å². The number of aromatic hydroxyl groups is 1. The highest BCUT2D eigenvalue weighted by Crippen LogP contribution is 2.38. The van der Waals surface area contributed by atoms with E-state index in [9.17, 15) is 5.11 Å². The highest BCUT2D eigenvalue weighted by atomic mass is 16.3. The first-order valence-corrected chi connectivity index (χ1v) is 6.55. The highest BCUT2D eigenvalue weighted by molar-refractivity contribution is 5.51. The molecule has 2 rings (SSSR count). The van der Waals surface area contributed by atoms with Crippen molar-refractivity contribution in [3.05, 3.63) is 64.7 Å². The maximum Gasteiger partial charge on any atom is 0.124 e. The molecule has 2 heteroatoms. The predicted octanol–water partition coefficient (Wildman–Crippen LogP) is 3.49. The molecule has 100 valence electrons. The van der Waals surface area contributed by atoms with E-state index < -0.39 is 0 Å². The molecule has 0 saturated carbocycles. The first-order valence-electron chi connectivity index (χ1n) is 6.55. The third kappa shape index (κ3) is 2.49. The minimum Gasteiger partial charge on any atom is -0.507 e. The van der Waals surface area contributed by atoms with Gasteiger partial charge >= 0.3 is 0 Å². The molecule has 0 aliphatic heterocycles. The second-order valence-electron chi connectivity index (χ2n) is 5.52. The van der Waals surface area contributed by atoms with Crippen molar-refractivity contribution in [3.8, 4) is 5.75 Å². The van der Waals surface area contributed by atoms with Crippen molar-refractivity contribution < 1.29 is 5.11 Å². The van der Waals surface area contributed by atoms with Gasteiger partial charge in [0.1, 0.15) is 5.75 Å². The first kappa shape index (κ1) is 13.6. The van der Waals surface area contributed by atoms with Crippen LogP contribution in [0, 0.1) is 6.92 Å². The van der Waals surface area contributed by atoms with Gasteiger partial charge in [0.15, 0.2) is 0 Å². The Kier molecular flexibility index (Phi) is 3.63. The van der Waals surface area contributed by atoms with Gasteiger partial charge in [0, 0.05) is 23.1 Å². The van der Waals surface area contributed by atoms with Gasteiger partial charge in [-0.3, -0.25) is 0 Å². The second kappa shape index (κ2) is 5.06. The van der Waals surface area contributed by atoms with Gasteiger partial charge in [0.25, 0.3) is 0 Å². The largest absolute Gasteiger partial charge is 0.507 e. The Labute approximate surface area is 114 Å². The summed E-state index contributed by atoms with van der Waals surface area (Å²) in [5.74, 6) is 0.321. The molecule has 2 nitrogen and oxygen atoms in total. The molecule has 0 atom stereocenters. The van der Waals surface area contributed by atoms with Crippen LogP contribution in [0.5, 0.6) is 5.75 Å². The summed E-state index contributed by atoms with van der Waals surface area (Å²) in [6, 6.07) is 14.2. The van der Waals surface area contributed by atoms with Crippen LogP contribution in [0.15, 0.2) is 42.5 Å². The quantitative estimate of drug-likeness (QED) is 0.882. The van der Waals surface area contributed by atoms with Crippen LogP contribution in [-0.4, -0.2) is 5.11 Å². The number of phenolic OH excluding ortho intramolecular Hbond substituents is 1.